The van der Waals surface area contributed by atoms with E-state index < -0.39 is 0 Å². The first-order valence-electron chi connectivity index (χ1n) is 6.77. The smallest absolute Gasteiger partial charge is 0.117 e. The van der Waals surface area contributed by atoms with Crippen LogP contribution >= 0.6 is 11.6 Å². The molecule has 1 heterocycles. The zero-order valence-corrected chi connectivity index (χ0v) is 12.1. The molecular weight excluding hydrogens is 268 g/mol. The second-order valence-corrected chi connectivity index (χ2v) is 5.50. The molecule has 2 N–H and O–H groups in total. The molecule has 3 aromatic rings. The number of benzene rings is 2. The maximum atomic E-state index is 6.64. The monoisotopic (exact) mass is 284 g/mol. The average molecular weight is 285 g/mol. The molecule has 102 valence electrons. The first kappa shape index (κ1) is 13.2. The summed E-state index contributed by atoms with van der Waals surface area (Å²) in [6.07, 6.45) is 0.777. The molecule has 0 aliphatic heterocycles. The van der Waals surface area contributed by atoms with Crippen molar-refractivity contribution in [1.82, 2.24) is 4.57 Å². The standard InChI is InChI=1S/C17H17ClN2/c1-12(19)11-15-14-9-5-6-10-16(14)20(17(15)18)13-7-3-2-4-8-13/h2-10,12H,11,19H2,1H3. The lowest BCUT2D eigenvalue weighted by Gasteiger charge is -2.08. The van der Waals surface area contributed by atoms with E-state index in [4.69, 9.17) is 17.3 Å². The summed E-state index contributed by atoms with van der Waals surface area (Å²) in [5.74, 6) is 0. The number of nitrogens with zero attached hydrogens (tertiary/aromatic N) is 1. The molecule has 0 radical (unpaired) electrons. The molecular formula is C17H17ClN2. The SMILES string of the molecule is CC(N)Cc1c(Cl)n(-c2ccccc2)c2ccccc12. The fourth-order valence-corrected chi connectivity index (χ4v) is 2.99. The predicted molar refractivity (Wildman–Crippen MR) is 85.6 cm³/mol. The number of fused-ring (bicyclic) bond motifs is 1. The van der Waals surface area contributed by atoms with Gasteiger partial charge in [-0.1, -0.05) is 48.0 Å². The Labute approximate surface area is 123 Å². The molecule has 0 spiro atoms. The van der Waals surface area contributed by atoms with Crippen LogP contribution in [0.1, 0.15) is 12.5 Å². The van der Waals surface area contributed by atoms with Gasteiger partial charge in [0, 0.05) is 17.1 Å². The molecule has 0 bridgehead atoms. The van der Waals surface area contributed by atoms with E-state index in [0.29, 0.717) is 0 Å². The van der Waals surface area contributed by atoms with E-state index in [2.05, 4.69) is 28.8 Å². The van der Waals surface area contributed by atoms with Crippen LogP contribution in [-0.4, -0.2) is 10.6 Å². The number of hydrogen-bond acceptors (Lipinski definition) is 1. The van der Waals surface area contributed by atoms with E-state index in [1.807, 2.05) is 37.3 Å². The Morgan fingerprint density at radius 1 is 1.05 bits per heavy atom. The van der Waals surface area contributed by atoms with Gasteiger partial charge in [0.15, 0.2) is 0 Å². The molecule has 1 atom stereocenters. The molecule has 0 aliphatic carbocycles. The van der Waals surface area contributed by atoms with Crippen LogP contribution in [0.15, 0.2) is 54.6 Å². The molecule has 0 saturated heterocycles. The molecule has 0 saturated carbocycles. The van der Waals surface area contributed by atoms with Crippen LogP contribution in [-0.2, 0) is 6.42 Å². The molecule has 2 nitrogen and oxygen atoms in total. The Bertz CT molecular complexity index is 729. The van der Waals surface area contributed by atoms with Crippen molar-refractivity contribution in [3.63, 3.8) is 0 Å². The van der Waals surface area contributed by atoms with Gasteiger partial charge >= 0.3 is 0 Å². The maximum Gasteiger partial charge on any atom is 0.117 e. The van der Waals surface area contributed by atoms with E-state index in [-0.39, 0.29) is 6.04 Å². The van der Waals surface area contributed by atoms with Gasteiger partial charge < -0.3 is 5.73 Å². The van der Waals surface area contributed by atoms with E-state index in [0.717, 1.165) is 28.3 Å². The van der Waals surface area contributed by atoms with Crippen LogP contribution < -0.4 is 5.73 Å². The minimum absolute atomic E-state index is 0.0857. The van der Waals surface area contributed by atoms with E-state index >= 15 is 0 Å². The minimum Gasteiger partial charge on any atom is -0.328 e. The van der Waals surface area contributed by atoms with Crippen LogP contribution in [0, 0.1) is 0 Å². The van der Waals surface area contributed by atoms with Crippen molar-refractivity contribution in [1.29, 1.82) is 0 Å². The predicted octanol–water partition coefficient (Wildman–Crippen LogP) is 4.17. The summed E-state index contributed by atoms with van der Waals surface area (Å²) in [4.78, 5) is 0. The van der Waals surface area contributed by atoms with Gasteiger partial charge in [0.2, 0.25) is 0 Å². The van der Waals surface area contributed by atoms with Gasteiger partial charge in [-0.3, -0.25) is 4.57 Å². The number of nitrogens with two attached hydrogens (primary N) is 1. The molecule has 20 heavy (non-hydrogen) atoms. The first-order valence-corrected chi connectivity index (χ1v) is 7.15. The van der Waals surface area contributed by atoms with E-state index in [9.17, 15) is 0 Å². The van der Waals surface area contributed by atoms with Crippen molar-refractivity contribution in [2.24, 2.45) is 5.73 Å². The summed E-state index contributed by atoms with van der Waals surface area (Å²) >= 11 is 6.64. The van der Waals surface area contributed by atoms with Gasteiger partial charge in [-0.15, -0.1) is 0 Å². The average Bonchev–Trinajstić information content (AvgIpc) is 2.72. The van der Waals surface area contributed by atoms with Crippen molar-refractivity contribution in [2.75, 3.05) is 0 Å². The largest absolute Gasteiger partial charge is 0.328 e. The van der Waals surface area contributed by atoms with Gasteiger partial charge in [0.1, 0.15) is 5.15 Å². The molecule has 0 fully saturated rings. The summed E-state index contributed by atoms with van der Waals surface area (Å²) in [5, 5.41) is 1.94. The van der Waals surface area contributed by atoms with Crippen molar-refractivity contribution >= 4 is 22.5 Å². The summed E-state index contributed by atoms with van der Waals surface area (Å²) in [5.41, 5.74) is 9.29. The number of halogens is 1. The third-order valence-electron chi connectivity index (χ3n) is 3.46. The first-order chi connectivity index (χ1) is 9.68. The van der Waals surface area contributed by atoms with Crippen LogP contribution in [0.25, 0.3) is 16.6 Å². The highest BCUT2D eigenvalue weighted by Crippen LogP contribution is 2.33. The molecule has 1 aromatic heterocycles. The number of rotatable bonds is 3. The maximum absolute atomic E-state index is 6.64. The van der Waals surface area contributed by atoms with E-state index in [1.54, 1.807) is 0 Å². The van der Waals surface area contributed by atoms with Gasteiger partial charge in [0.05, 0.1) is 5.52 Å². The van der Waals surface area contributed by atoms with Crippen LogP contribution in [0.2, 0.25) is 5.15 Å². The van der Waals surface area contributed by atoms with Gasteiger partial charge in [-0.25, -0.2) is 0 Å². The highest BCUT2D eigenvalue weighted by molar-refractivity contribution is 6.32. The minimum atomic E-state index is 0.0857. The summed E-state index contributed by atoms with van der Waals surface area (Å²) in [6.45, 7) is 2.00. The summed E-state index contributed by atoms with van der Waals surface area (Å²) in [7, 11) is 0. The Hall–Kier alpha value is -1.77. The quantitative estimate of drug-likeness (QED) is 0.769. The number of para-hydroxylation sites is 2. The lowest BCUT2D eigenvalue weighted by atomic mass is 10.1. The lowest BCUT2D eigenvalue weighted by Crippen LogP contribution is -2.17. The van der Waals surface area contributed by atoms with Crippen LogP contribution in [0.5, 0.6) is 0 Å². The number of aromatic nitrogens is 1. The van der Waals surface area contributed by atoms with Crippen molar-refractivity contribution in [3.05, 3.63) is 65.3 Å². The lowest BCUT2D eigenvalue weighted by molar-refractivity contribution is 0.740. The van der Waals surface area contributed by atoms with Gasteiger partial charge in [-0.2, -0.15) is 0 Å². The Morgan fingerprint density at radius 2 is 1.70 bits per heavy atom. The normalized spacial score (nSPS) is 12.8. The highest BCUT2D eigenvalue weighted by Gasteiger charge is 2.17. The number of hydrogen-bond donors (Lipinski definition) is 1. The Kier molecular flexibility index (Phi) is 3.51. The van der Waals surface area contributed by atoms with Crippen molar-refractivity contribution in [3.8, 4) is 5.69 Å². The molecule has 3 heteroatoms. The third-order valence-corrected chi connectivity index (χ3v) is 3.85. The van der Waals surface area contributed by atoms with Crippen molar-refractivity contribution in [2.45, 2.75) is 19.4 Å². The van der Waals surface area contributed by atoms with Gasteiger partial charge in [-0.05, 0) is 37.1 Å². The molecule has 1 unspecified atom stereocenters. The van der Waals surface area contributed by atoms with E-state index in [1.165, 1.54) is 5.39 Å². The molecule has 3 rings (SSSR count). The second-order valence-electron chi connectivity index (χ2n) is 5.14. The molecule has 0 aliphatic rings. The topological polar surface area (TPSA) is 30.9 Å². The zero-order chi connectivity index (χ0) is 14.1. The third kappa shape index (κ3) is 2.21. The van der Waals surface area contributed by atoms with Gasteiger partial charge in [0.25, 0.3) is 0 Å². The Balaban J connectivity index is 2.30. The Morgan fingerprint density at radius 3 is 2.40 bits per heavy atom. The summed E-state index contributed by atoms with van der Waals surface area (Å²) in [6, 6.07) is 18.5. The van der Waals surface area contributed by atoms with Crippen LogP contribution in [0.4, 0.5) is 0 Å². The van der Waals surface area contributed by atoms with Crippen molar-refractivity contribution < 1.29 is 0 Å². The zero-order valence-electron chi connectivity index (χ0n) is 11.4. The molecule has 0 amide bonds. The second kappa shape index (κ2) is 5.31. The fourth-order valence-electron chi connectivity index (χ4n) is 2.62. The highest BCUT2D eigenvalue weighted by atomic mass is 35.5. The van der Waals surface area contributed by atoms with Crippen LogP contribution in [0.3, 0.4) is 0 Å². The fraction of sp³-hybridized carbons (Fsp3) is 0.176. The summed E-state index contributed by atoms with van der Waals surface area (Å²) < 4.78 is 2.09. The molecule has 2 aromatic carbocycles.